The normalized spacial score (nSPS) is 21.8. The number of hydrogen-bond donors (Lipinski definition) is 0. The van der Waals surface area contributed by atoms with E-state index in [1.165, 1.54) is 6.92 Å². The van der Waals surface area contributed by atoms with E-state index in [2.05, 4.69) is 10.1 Å². The Balaban J connectivity index is 1.58. The topological polar surface area (TPSA) is 64.0 Å². The van der Waals surface area contributed by atoms with Gasteiger partial charge >= 0.3 is 0 Å². The minimum atomic E-state index is -0.192. The van der Waals surface area contributed by atoms with Gasteiger partial charge in [0.05, 0.1) is 11.6 Å². The Bertz CT molecular complexity index is 939. The molecule has 5 rings (SSSR count). The first-order chi connectivity index (χ1) is 12.1. The SMILES string of the molecule is CC(=O)N1N=C(C2CC2)CC1c1cc2cc3c(cc2nc1Cl)OCO3. The number of carbonyl (C=O) groups is 1. The number of hydrazone groups is 1. The lowest BCUT2D eigenvalue weighted by Gasteiger charge is -2.21. The monoisotopic (exact) mass is 357 g/mol. The maximum Gasteiger partial charge on any atom is 0.240 e. The summed E-state index contributed by atoms with van der Waals surface area (Å²) in [7, 11) is 0. The number of amides is 1. The fourth-order valence-electron chi connectivity index (χ4n) is 3.52. The van der Waals surface area contributed by atoms with Gasteiger partial charge in [0.15, 0.2) is 11.5 Å². The number of hydrogen-bond acceptors (Lipinski definition) is 5. The Morgan fingerprint density at radius 3 is 2.72 bits per heavy atom. The summed E-state index contributed by atoms with van der Waals surface area (Å²) in [6, 6.07) is 5.53. The standard InChI is InChI=1S/C18H16ClN3O3/c1-9(23)22-15(6-14(21-22)10-2-3-10)12-4-11-5-16-17(25-8-24-16)7-13(11)20-18(12)19/h4-5,7,10,15H,2-3,6,8H2,1H3. The summed E-state index contributed by atoms with van der Waals surface area (Å²) in [5, 5.41) is 7.41. The van der Waals surface area contributed by atoms with E-state index in [0.29, 0.717) is 22.6 Å². The molecule has 25 heavy (non-hydrogen) atoms. The maximum atomic E-state index is 12.1. The number of rotatable bonds is 2. The van der Waals surface area contributed by atoms with Gasteiger partial charge in [-0.2, -0.15) is 5.10 Å². The molecule has 1 aromatic carbocycles. The van der Waals surface area contributed by atoms with Crippen LogP contribution in [0.15, 0.2) is 23.3 Å². The Morgan fingerprint density at radius 1 is 1.24 bits per heavy atom. The zero-order valence-electron chi connectivity index (χ0n) is 13.7. The number of nitrogens with zero attached hydrogens (tertiary/aromatic N) is 3. The van der Waals surface area contributed by atoms with Crippen molar-refractivity contribution in [3.8, 4) is 11.5 Å². The number of aromatic nitrogens is 1. The molecule has 2 aromatic rings. The molecule has 1 atom stereocenters. The van der Waals surface area contributed by atoms with Crippen LogP contribution in [0.25, 0.3) is 10.9 Å². The van der Waals surface area contributed by atoms with Crippen LogP contribution in [0.1, 0.15) is 37.8 Å². The van der Waals surface area contributed by atoms with Crippen molar-refractivity contribution in [3.05, 3.63) is 28.9 Å². The smallest absolute Gasteiger partial charge is 0.240 e. The maximum absolute atomic E-state index is 12.1. The molecule has 128 valence electrons. The van der Waals surface area contributed by atoms with Crippen molar-refractivity contribution in [1.29, 1.82) is 0 Å². The molecule has 0 N–H and O–H groups in total. The van der Waals surface area contributed by atoms with E-state index in [0.717, 1.165) is 41.4 Å². The van der Waals surface area contributed by atoms with Crippen LogP contribution in [0, 0.1) is 5.92 Å². The lowest BCUT2D eigenvalue weighted by Crippen LogP contribution is -2.24. The van der Waals surface area contributed by atoms with Crippen molar-refractivity contribution >= 4 is 34.1 Å². The van der Waals surface area contributed by atoms with Gasteiger partial charge in [-0.3, -0.25) is 4.79 Å². The summed E-state index contributed by atoms with van der Waals surface area (Å²) >= 11 is 6.48. The average Bonchev–Trinajstić information content (AvgIpc) is 3.17. The number of halogens is 1. The number of pyridine rings is 1. The second-order valence-electron chi connectivity index (χ2n) is 6.72. The summed E-state index contributed by atoms with van der Waals surface area (Å²) in [4.78, 5) is 16.6. The van der Waals surface area contributed by atoms with Crippen LogP contribution >= 0.6 is 11.6 Å². The molecular weight excluding hydrogens is 342 g/mol. The largest absolute Gasteiger partial charge is 0.454 e. The molecule has 0 saturated heterocycles. The van der Waals surface area contributed by atoms with Gasteiger partial charge in [-0.15, -0.1) is 0 Å². The minimum Gasteiger partial charge on any atom is -0.454 e. The Labute approximate surface area is 149 Å². The lowest BCUT2D eigenvalue weighted by molar-refractivity contribution is -0.130. The Hall–Kier alpha value is -2.34. The molecule has 3 heterocycles. The van der Waals surface area contributed by atoms with E-state index in [1.54, 1.807) is 5.01 Å². The van der Waals surface area contributed by atoms with Crippen LogP contribution in [0.2, 0.25) is 5.15 Å². The molecule has 2 aliphatic heterocycles. The van der Waals surface area contributed by atoms with Crippen LogP contribution in [-0.4, -0.2) is 28.4 Å². The van der Waals surface area contributed by atoms with Gasteiger partial charge in [-0.05, 0) is 30.9 Å². The van der Waals surface area contributed by atoms with Gasteiger partial charge in [0.2, 0.25) is 12.7 Å². The minimum absolute atomic E-state index is 0.0810. The van der Waals surface area contributed by atoms with E-state index in [4.69, 9.17) is 21.1 Å². The second-order valence-corrected chi connectivity index (χ2v) is 7.07. The van der Waals surface area contributed by atoms with Gasteiger partial charge in [0, 0.05) is 36.1 Å². The molecule has 3 aliphatic rings. The van der Waals surface area contributed by atoms with Crippen molar-refractivity contribution in [1.82, 2.24) is 9.99 Å². The van der Waals surface area contributed by atoms with Crippen molar-refractivity contribution in [2.24, 2.45) is 11.0 Å². The van der Waals surface area contributed by atoms with Crippen LogP contribution in [0.4, 0.5) is 0 Å². The molecule has 0 spiro atoms. The molecule has 1 fully saturated rings. The number of benzene rings is 1. The van der Waals surface area contributed by atoms with Crippen molar-refractivity contribution in [2.45, 2.75) is 32.2 Å². The fraction of sp³-hybridized carbons (Fsp3) is 0.389. The van der Waals surface area contributed by atoms with E-state index < -0.39 is 0 Å². The zero-order valence-corrected chi connectivity index (χ0v) is 14.4. The molecule has 1 unspecified atom stereocenters. The van der Waals surface area contributed by atoms with Gasteiger partial charge in [0.1, 0.15) is 5.15 Å². The van der Waals surface area contributed by atoms with Gasteiger partial charge < -0.3 is 9.47 Å². The van der Waals surface area contributed by atoms with E-state index in [-0.39, 0.29) is 18.7 Å². The highest BCUT2D eigenvalue weighted by molar-refractivity contribution is 6.30. The molecule has 6 nitrogen and oxygen atoms in total. The summed E-state index contributed by atoms with van der Waals surface area (Å²) in [6.07, 6.45) is 3.04. The molecule has 7 heteroatoms. The highest BCUT2D eigenvalue weighted by Crippen LogP contribution is 2.43. The summed E-state index contributed by atoms with van der Waals surface area (Å²) < 4.78 is 10.8. The summed E-state index contributed by atoms with van der Waals surface area (Å²) in [6.45, 7) is 1.75. The van der Waals surface area contributed by atoms with Crippen LogP contribution in [-0.2, 0) is 4.79 Å². The quantitative estimate of drug-likeness (QED) is 0.769. The van der Waals surface area contributed by atoms with Crippen molar-refractivity contribution < 1.29 is 14.3 Å². The first-order valence-electron chi connectivity index (χ1n) is 8.37. The third kappa shape index (κ3) is 2.43. The predicted molar refractivity (Wildman–Crippen MR) is 92.9 cm³/mol. The molecule has 1 amide bonds. The van der Waals surface area contributed by atoms with Crippen LogP contribution < -0.4 is 9.47 Å². The summed E-state index contributed by atoms with van der Waals surface area (Å²) in [5.74, 6) is 1.82. The molecule has 1 saturated carbocycles. The molecule has 0 radical (unpaired) electrons. The van der Waals surface area contributed by atoms with E-state index in [1.807, 2.05) is 18.2 Å². The number of ether oxygens (including phenoxy) is 2. The Morgan fingerprint density at radius 2 is 2.00 bits per heavy atom. The lowest BCUT2D eigenvalue weighted by atomic mass is 10.00. The third-order valence-corrected chi connectivity index (χ3v) is 5.26. The van der Waals surface area contributed by atoms with Crippen LogP contribution in [0.5, 0.6) is 11.5 Å². The first kappa shape index (κ1) is 15.0. The van der Waals surface area contributed by atoms with Crippen LogP contribution in [0.3, 0.4) is 0 Å². The molecular formula is C18H16ClN3O3. The van der Waals surface area contributed by atoms with E-state index >= 15 is 0 Å². The van der Waals surface area contributed by atoms with Crippen molar-refractivity contribution in [3.63, 3.8) is 0 Å². The van der Waals surface area contributed by atoms with E-state index in [9.17, 15) is 4.79 Å². The fourth-order valence-corrected chi connectivity index (χ4v) is 3.79. The van der Waals surface area contributed by atoms with Gasteiger partial charge in [-0.25, -0.2) is 9.99 Å². The number of fused-ring (bicyclic) bond motifs is 2. The highest BCUT2D eigenvalue weighted by atomic mass is 35.5. The van der Waals surface area contributed by atoms with Crippen molar-refractivity contribution in [2.75, 3.05) is 6.79 Å². The van der Waals surface area contributed by atoms with Gasteiger partial charge in [0.25, 0.3) is 0 Å². The predicted octanol–water partition coefficient (Wildman–Crippen LogP) is 3.68. The van der Waals surface area contributed by atoms with Gasteiger partial charge in [-0.1, -0.05) is 11.6 Å². The summed E-state index contributed by atoms with van der Waals surface area (Å²) in [5.41, 5.74) is 2.67. The molecule has 0 bridgehead atoms. The second kappa shape index (κ2) is 5.33. The molecule has 1 aliphatic carbocycles. The Kier molecular flexibility index (Phi) is 3.19. The first-order valence-corrected chi connectivity index (χ1v) is 8.75. The zero-order chi connectivity index (χ0) is 17.1. The average molecular weight is 358 g/mol. The third-order valence-electron chi connectivity index (χ3n) is 4.95. The molecule has 1 aromatic heterocycles. The highest BCUT2D eigenvalue weighted by Gasteiger charge is 2.39. The number of carbonyl (C=O) groups excluding carboxylic acids is 1.